The number of nitrogens with zero attached hydrogens (tertiary/aromatic N) is 3. The molecule has 0 aliphatic heterocycles. The van der Waals surface area contributed by atoms with E-state index in [0.717, 1.165) is 30.5 Å². The molecule has 1 atom stereocenters. The summed E-state index contributed by atoms with van der Waals surface area (Å²) in [5.41, 5.74) is -2.69. The minimum Gasteiger partial charge on any atom is -0.467 e. The van der Waals surface area contributed by atoms with Crippen LogP contribution in [0.2, 0.25) is 0 Å². The van der Waals surface area contributed by atoms with Crippen LogP contribution in [-0.4, -0.2) is 28.1 Å². The molecule has 13 heteroatoms. The van der Waals surface area contributed by atoms with E-state index in [9.17, 15) is 31.1 Å². The standard InChI is InChI=1S/C20H15F6N5O2/c1-33-18-28-9-13(10-29-18)30-17(32)31-15(11-4-6-12(7-5-11)19(21,22)23)16-14(20(24,25)26)3-2-8-27-16/h2-10,15H,1H3,(H2,30,31,32). The Hall–Kier alpha value is -3.90. The number of hydrogen-bond acceptors (Lipinski definition) is 5. The van der Waals surface area contributed by atoms with Crippen molar-refractivity contribution in [3.8, 4) is 6.01 Å². The van der Waals surface area contributed by atoms with Gasteiger partial charge in [0.1, 0.15) is 0 Å². The van der Waals surface area contributed by atoms with Crippen LogP contribution in [0, 0.1) is 0 Å². The van der Waals surface area contributed by atoms with Gasteiger partial charge in [-0.2, -0.15) is 26.3 Å². The summed E-state index contributed by atoms with van der Waals surface area (Å²) in [6, 6.07) is 2.70. The summed E-state index contributed by atoms with van der Waals surface area (Å²) < 4.78 is 84.2. The number of halogens is 6. The van der Waals surface area contributed by atoms with Crippen molar-refractivity contribution in [2.75, 3.05) is 12.4 Å². The third-order valence-corrected chi connectivity index (χ3v) is 4.33. The van der Waals surface area contributed by atoms with Crippen LogP contribution in [0.5, 0.6) is 6.01 Å². The lowest BCUT2D eigenvalue weighted by Gasteiger charge is -2.23. The van der Waals surface area contributed by atoms with Gasteiger partial charge in [0, 0.05) is 6.20 Å². The smallest absolute Gasteiger partial charge is 0.418 e. The number of rotatable bonds is 5. The van der Waals surface area contributed by atoms with E-state index < -0.39 is 41.2 Å². The van der Waals surface area contributed by atoms with Gasteiger partial charge in [0.2, 0.25) is 0 Å². The van der Waals surface area contributed by atoms with Crippen LogP contribution in [0.1, 0.15) is 28.4 Å². The maximum Gasteiger partial charge on any atom is 0.418 e. The highest BCUT2D eigenvalue weighted by Crippen LogP contribution is 2.36. The lowest BCUT2D eigenvalue weighted by molar-refractivity contribution is -0.139. The molecule has 0 spiro atoms. The van der Waals surface area contributed by atoms with E-state index in [-0.39, 0.29) is 17.3 Å². The van der Waals surface area contributed by atoms with Gasteiger partial charge in [-0.25, -0.2) is 14.8 Å². The molecule has 3 rings (SSSR count). The maximum atomic E-state index is 13.6. The van der Waals surface area contributed by atoms with Crippen molar-refractivity contribution in [2.45, 2.75) is 18.4 Å². The average molecular weight is 471 g/mol. The van der Waals surface area contributed by atoms with Crippen LogP contribution in [0.25, 0.3) is 0 Å². The number of carbonyl (C=O) groups is 1. The van der Waals surface area contributed by atoms with Crippen LogP contribution in [-0.2, 0) is 12.4 Å². The molecule has 0 saturated carbocycles. The lowest BCUT2D eigenvalue weighted by Crippen LogP contribution is -2.35. The fourth-order valence-corrected chi connectivity index (χ4v) is 2.85. The minimum atomic E-state index is -4.82. The first-order valence-electron chi connectivity index (χ1n) is 9.12. The van der Waals surface area contributed by atoms with Crippen LogP contribution in [0.3, 0.4) is 0 Å². The van der Waals surface area contributed by atoms with Crippen LogP contribution < -0.4 is 15.4 Å². The third-order valence-electron chi connectivity index (χ3n) is 4.33. The van der Waals surface area contributed by atoms with Crippen molar-refractivity contribution in [1.82, 2.24) is 20.3 Å². The Morgan fingerprint density at radius 2 is 1.58 bits per heavy atom. The van der Waals surface area contributed by atoms with Crippen molar-refractivity contribution in [3.63, 3.8) is 0 Å². The molecule has 7 nitrogen and oxygen atoms in total. The van der Waals surface area contributed by atoms with Gasteiger partial charge < -0.3 is 15.4 Å². The van der Waals surface area contributed by atoms with Crippen molar-refractivity contribution < 1.29 is 35.9 Å². The fraction of sp³-hybridized carbons (Fsp3) is 0.200. The van der Waals surface area contributed by atoms with E-state index in [2.05, 4.69) is 25.6 Å². The number of carbonyl (C=O) groups excluding carboxylic acids is 1. The predicted molar refractivity (Wildman–Crippen MR) is 103 cm³/mol. The van der Waals surface area contributed by atoms with Crippen LogP contribution in [0.4, 0.5) is 36.8 Å². The van der Waals surface area contributed by atoms with Crippen molar-refractivity contribution >= 4 is 11.7 Å². The molecule has 33 heavy (non-hydrogen) atoms. The summed E-state index contributed by atoms with van der Waals surface area (Å²) in [6.07, 6.45) is -6.00. The average Bonchev–Trinajstić information content (AvgIpc) is 2.77. The molecule has 1 unspecified atom stereocenters. The van der Waals surface area contributed by atoms with Gasteiger partial charge in [0.15, 0.2) is 0 Å². The number of benzene rings is 1. The minimum absolute atomic E-state index is 0.0203. The molecule has 1 aromatic carbocycles. The zero-order valence-corrected chi connectivity index (χ0v) is 16.7. The van der Waals surface area contributed by atoms with E-state index in [1.807, 2.05) is 0 Å². The quantitative estimate of drug-likeness (QED) is 0.521. The summed E-state index contributed by atoms with van der Waals surface area (Å²) in [5.74, 6) is 0. The van der Waals surface area contributed by atoms with Gasteiger partial charge in [-0.3, -0.25) is 4.98 Å². The van der Waals surface area contributed by atoms with E-state index in [1.54, 1.807) is 0 Å². The number of anilines is 1. The summed E-state index contributed by atoms with van der Waals surface area (Å²) in [4.78, 5) is 23.8. The second-order valence-corrected chi connectivity index (χ2v) is 6.54. The summed E-state index contributed by atoms with van der Waals surface area (Å²) >= 11 is 0. The number of urea groups is 1. The van der Waals surface area contributed by atoms with E-state index in [4.69, 9.17) is 4.74 Å². The van der Waals surface area contributed by atoms with E-state index in [0.29, 0.717) is 12.1 Å². The SMILES string of the molecule is COc1ncc(NC(=O)NC(c2ccc(C(F)(F)F)cc2)c2ncccc2C(F)(F)F)cn1. The van der Waals surface area contributed by atoms with Gasteiger partial charge in [-0.15, -0.1) is 0 Å². The first-order chi connectivity index (χ1) is 15.5. The highest BCUT2D eigenvalue weighted by Gasteiger charge is 2.37. The van der Waals surface area contributed by atoms with Gasteiger partial charge in [-0.05, 0) is 29.8 Å². The molecule has 3 aromatic rings. The molecule has 0 aliphatic carbocycles. The maximum absolute atomic E-state index is 13.6. The molecule has 2 aromatic heterocycles. The first-order valence-corrected chi connectivity index (χ1v) is 9.12. The Morgan fingerprint density at radius 3 is 2.12 bits per heavy atom. The number of nitrogens with one attached hydrogen (secondary N) is 2. The molecular weight excluding hydrogens is 456 g/mol. The Morgan fingerprint density at radius 1 is 0.939 bits per heavy atom. The van der Waals surface area contributed by atoms with E-state index >= 15 is 0 Å². The number of pyridine rings is 1. The number of alkyl halides is 6. The first kappa shape index (κ1) is 23.8. The molecule has 0 bridgehead atoms. The summed E-state index contributed by atoms with van der Waals surface area (Å²) in [5, 5.41) is 4.65. The monoisotopic (exact) mass is 471 g/mol. The number of methoxy groups -OCH3 is 1. The van der Waals surface area contributed by atoms with Crippen molar-refractivity contribution in [2.24, 2.45) is 0 Å². The summed E-state index contributed by atoms with van der Waals surface area (Å²) in [6.45, 7) is 0. The largest absolute Gasteiger partial charge is 0.467 e. The van der Waals surface area contributed by atoms with Crippen molar-refractivity contribution in [1.29, 1.82) is 0 Å². The van der Waals surface area contributed by atoms with Crippen molar-refractivity contribution in [3.05, 3.63) is 77.4 Å². The third kappa shape index (κ3) is 5.87. The van der Waals surface area contributed by atoms with Gasteiger partial charge >= 0.3 is 24.4 Å². The molecule has 0 saturated heterocycles. The second kappa shape index (κ2) is 9.30. The molecule has 0 radical (unpaired) electrons. The molecule has 0 aliphatic rings. The Kier molecular flexibility index (Phi) is 6.70. The van der Waals surface area contributed by atoms with Gasteiger partial charge in [0.05, 0.1) is 48.1 Å². The Bertz CT molecular complexity index is 1100. The zero-order chi connectivity index (χ0) is 24.2. The normalized spacial score (nSPS) is 12.7. The molecule has 2 heterocycles. The second-order valence-electron chi connectivity index (χ2n) is 6.54. The molecule has 174 valence electrons. The number of ether oxygens (including phenoxy) is 1. The predicted octanol–water partition coefficient (Wildman–Crippen LogP) is 4.83. The molecule has 0 fully saturated rings. The highest BCUT2D eigenvalue weighted by atomic mass is 19.4. The zero-order valence-electron chi connectivity index (χ0n) is 16.7. The number of amides is 2. The highest BCUT2D eigenvalue weighted by molar-refractivity contribution is 5.89. The molecule has 2 amide bonds. The van der Waals surface area contributed by atoms with E-state index in [1.165, 1.54) is 19.5 Å². The van der Waals surface area contributed by atoms with Crippen LogP contribution >= 0.6 is 0 Å². The molecular formula is C20H15F6N5O2. The van der Waals surface area contributed by atoms with Crippen LogP contribution in [0.15, 0.2) is 55.0 Å². The summed E-state index contributed by atoms with van der Waals surface area (Å²) in [7, 11) is 1.33. The molecule has 2 N–H and O–H groups in total. The van der Waals surface area contributed by atoms with Gasteiger partial charge in [0.25, 0.3) is 0 Å². The Labute approximate surface area is 182 Å². The van der Waals surface area contributed by atoms with Gasteiger partial charge in [-0.1, -0.05) is 12.1 Å². The number of aromatic nitrogens is 3. The Balaban J connectivity index is 1.96. The topological polar surface area (TPSA) is 89.0 Å². The lowest BCUT2D eigenvalue weighted by atomic mass is 9.98. The number of hydrogen-bond donors (Lipinski definition) is 2. The fourth-order valence-electron chi connectivity index (χ4n) is 2.85.